The molecule has 0 saturated carbocycles. The van der Waals surface area contributed by atoms with Gasteiger partial charge in [-0.25, -0.2) is 0 Å². The number of hydrogen-bond donors (Lipinski definition) is 1. The smallest absolute Gasteiger partial charge is 0.159 e. The van der Waals surface area contributed by atoms with E-state index in [9.17, 15) is 0 Å². The second-order valence-corrected chi connectivity index (χ2v) is 4.55. The molecule has 3 nitrogen and oxygen atoms in total. The number of nitrogens with zero attached hydrogens (tertiary/aromatic N) is 1. The predicted octanol–water partition coefficient (Wildman–Crippen LogP) is 2.03. The standard InChI is InChI=1S/C13H16N2O.ClH/c1-8-5-10-7-12(13-14-3-4-15-13)16-11(10)6-9(8)2;/h5-6,12H,3-4,7H2,1-2H3,(H,14,15);1H. The van der Waals surface area contributed by atoms with Crippen LogP contribution in [0, 0.1) is 13.8 Å². The predicted molar refractivity (Wildman–Crippen MR) is 71.6 cm³/mol. The first kappa shape index (κ1) is 12.2. The molecule has 1 atom stereocenters. The van der Waals surface area contributed by atoms with Gasteiger partial charge in [0.05, 0.1) is 6.54 Å². The average molecular weight is 253 g/mol. The largest absolute Gasteiger partial charge is 0.482 e. The molecular weight excluding hydrogens is 236 g/mol. The van der Waals surface area contributed by atoms with Gasteiger partial charge in [-0.05, 0) is 36.6 Å². The number of halogens is 1. The highest BCUT2D eigenvalue weighted by molar-refractivity contribution is 5.89. The Kier molecular flexibility index (Phi) is 3.29. The van der Waals surface area contributed by atoms with Gasteiger partial charge in [-0.3, -0.25) is 4.99 Å². The highest BCUT2D eigenvalue weighted by atomic mass is 35.5. The van der Waals surface area contributed by atoms with Crippen LogP contribution in [0.25, 0.3) is 0 Å². The number of aliphatic imine (C=N–C) groups is 1. The second-order valence-electron chi connectivity index (χ2n) is 4.55. The molecule has 3 rings (SSSR count). The van der Waals surface area contributed by atoms with Crippen molar-refractivity contribution in [2.24, 2.45) is 4.99 Å². The Bertz CT molecular complexity index is 440. The zero-order valence-corrected chi connectivity index (χ0v) is 10.9. The summed E-state index contributed by atoms with van der Waals surface area (Å²) in [5.74, 6) is 2.05. The number of amidine groups is 1. The number of hydrogen-bond acceptors (Lipinski definition) is 3. The normalized spacial score (nSPS) is 21.1. The number of aryl methyl sites for hydroxylation is 2. The van der Waals surface area contributed by atoms with Crippen molar-refractivity contribution in [3.05, 3.63) is 28.8 Å². The fourth-order valence-electron chi connectivity index (χ4n) is 2.30. The summed E-state index contributed by atoms with van der Waals surface area (Å²) in [7, 11) is 0. The molecule has 4 heteroatoms. The molecule has 2 aliphatic rings. The lowest BCUT2D eigenvalue weighted by Crippen LogP contribution is -2.34. The Labute approximate surface area is 108 Å². The van der Waals surface area contributed by atoms with Crippen LogP contribution in [0.15, 0.2) is 17.1 Å². The maximum absolute atomic E-state index is 5.93. The van der Waals surface area contributed by atoms with Gasteiger partial charge in [-0.1, -0.05) is 6.07 Å². The molecule has 0 spiro atoms. The number of benzene rings is 1. The summed E-state index contributed by atoms with van der Waals surface area (Å²) in [6, 6.07) is 4.38. The Balaban J connectivity index is 0.00000108. The van der Waals surface area contributed by atoms with Gasteiger partial charge in [0.25, 0.3) is 0 Å². The molecule has 1 N–H and O–H groups in total. The average Bonchev–Trinajstić information content (AvgIpc) is 2.86. The Morgan fingerprint density at radius 3 is 2.76 bits per heavy atom. The van der Waals surface area contributed by atoms with E-state index < -0.39 is 0 Å². The molecule has 1 aromatic rings. The maximum Gasteiger partial charge on any atom is 0.159 e. The molecule has 2 aliphatic heterocycles. The maximum atomic E-state index is 5.93. The molecule has 1 aromatic carbocycles. The summed E-state index contributed by atoms with van der Waals surface area (Å²) in [6.07, 6.45) is 1.06. The van der Waals surface area contributed by atoms with Crippen LogP contribution in [-0.4, -0.2) is 25.0 Å². The Morgan fingerprint density at radius 1 is 1.29 bits per heavy atom. The molecule has 0 amide bonds. The van der Waals surface area contributed by atoms with Crippen LogP contribution in [0.4, 0.5) is 0 Å². The molecule has 0 bridgehead atoms. The monoisotopic (exact) mass is 252 g/mol. The third kappa shape index (κ3) is 2.12. The topological polar surface area (TPSA) is 33.6 Å². The van der Waals surface area contributed by atoms with Crippen molar-refractivity contribution >= 4 is 18.2 Å². The van der Waals surface area contributed by atoms with E-state index in [1.807, 2.05) is 0 Å². The van der Waals surface area contributed by atoms with Gasteiger partial charge in [0, 0.05) is 13.0 Å². The van der Waals surface area contributed by atoms with Crippen molar-refractivity contribution < 1.29 is 4.74 Å². The first-order valence-corrected chi connectivity index (χ1v) is 5.79. The number of ether oxygens (including phenoxy) is 1. The molecule has 92 valence electrons. The fraction of sp³-hybridized carbons (Fsp3) is 0.462. The molecule has 0 fully saturated rings. The van der Waals surface area contributed by atoms with Crippen LogP contribution in [0.1, 0.15) is 16.7 Å². The van der Waals surface area contributed by atoms with E-state index in [0.717, 1.165) is 31.1 Å². The molecule has 0 aromatic heterocycles. The second kappa shape index (κ2) is 4.57. The SMILES string of the molecule is Cc1cc2c(cc1C)OC(C1=NCCN1)C2.Cl. The summed E-state index contributed by atoms with van der Waals surface area (Å²) in [5.41, 5.74) is 3.94. The van der Waals surface area contributed by atoms with Crippen LogP contribution in [-0.2, 0) is 6.42 Å². The van der Waals surface area contributed by atoms with E-state index in [2.05, 4.69) is 36.3 Å². The van der Waals surface area contributed by atoms with Crippen molar-refractivity contribution in [2.75, 3.05) is 13.1 Å². The minimum absolute atomic E-state index is 0. The molecule has 0 radical (unpaired) electrons. The molecule has 1 unspecified atom stereocenters. The van der Waals surface area contributed by atoms with E-state index in [1.54, 1.807) is 0 Å². The van der Waals surface area contributed by atoms with E-state index in [-0.39, 0.29) is 18.5 Å². The fourth-order valence-corrected chi connectivity index (χ4v) is 2.30. The van der Waals surface area contributed by atoms with Crippen molar-refractivity contribution in [3.63, 3.8) is 0 Å². The summed E-state index contributed by atoms with van der Waals surface area (Å²) >= 11 is 0. The van der Waals surface area contributed by atoms with Gasteiger partial charge >= 0.3 is 0 Å². The molecule has 17 heavy (non-hydrogen) atoms. The Morgan fingerprint density at radius 2 is 2.06 bits per heavy atom. The van der Waals surface area contributed by atoms with Crippen LogP contribution >= 0.6 is 12.4 Å². The molecular formula is C13H17ClN2O. The van der Waals surface area contributed by atoms with Gasteiger partial charge in [0.15, 0.2) is 6.10 Å². The Hall–Kier alpha value is -1.22. The lowest BCUT2D eigenvalue weighted by atomic mass is 10.0. The third-order valence-corrected chi connectivity index (χ3v) is 3.36. The van der Waals surface area contributed by atoms with Gasteiger partial charge in [0.2, 0.25) is 0 Å². The summed E-state index contributed by atoms with van der Waals surface area (Å²) in [6.45, 7) is 6.10. The minimum atomic E-state index is 0. The number of fused-ring (bicyclic) bond motifs is 1. The van der Waals surface area contributed by atoms with E-state index >= 15 is 0 Å². The van der Waals surface area contributed by atoms with Gasteiger partial charge in [0.1, 0.15) is 11.6 Å². The zero-order chi connectivity index (χ0) is 11.1. The molecule has 0 saturated heterocycles. The quantitative estimate of drug-likeness (QED) is 0.830. The first-order chi connectivity index (χ1) is 7.74. The van der Waals surface area contributed by atoms with Crippen LogP contribution in [0.5, 0.6) is 5.75 Å². The number of rotatable bonds is 1. The van der Waals surface area contributed by atoms with Crippen molar-refractivity contribution in [1.29, 1.82) is 0 Å². The first-order valence-electron chi connectivity index (χ1n) is 5.79. The minimum Gasteiger partial charge on any atom is -0.482 e. The molecule has 2 heterocycles. The highest BCUT2D eigenvalue weighted by Crippen LogP contribution is 2.31. The van der Waals surface area contributed by atoms with Crippen LogP contribution in [0.3, 0.4) is 0 Å². The van der Waals surface area contributed by atoms with Crippen LogP contribution in [0.2, 0.25) is 0 Å². The highest BCUT2D eigenvalue weighted by Gasteiger charge is 2.28. The summed E-state index contributed by atoms with van der Waals surface area (Å²) < 4.78 is 5.93. The van der Waals surface area contributed by atoms with Gasteiger partial charge < -0.3 is 10.1 Å². The van der Waals surface area contributed by atoms with E-state index in [1.165, 1.54) is 16.7 Å². The van der Waals surface area contributed by atoms with Gasteiger partial charge in [-0.2, -0.15) is 0 Å². The summed E-state index contributed by atoms with van der Waals surface area (Å²) in [4.78, 5) is 4.43. The zero-order valence-electron chi connectivity index (χ0n) is 10.1. The molecule has 0 aliphatic carbocycles. The van der Waals surface area contributed by atoms with Crippen molar-refractivity contribution in [3.8, 4) is 5.75 Å². The van der Waals surface area contributed by atoms with E-state index in [4.69, 9.17) is 4.74 Å². The number of nitrogens with one attached hydrogen (secondary N) is 1. The summed E-state index contributed by atoms with van der Waals surface area (Å²) in [5, 5.41) is 3.29. The third-order valence-electron chi connectivity index (χ3n) is 3.36. The van der Waals surface area contributed by atoms with E-state index in [0.29, 0.717) is 0 Å². The van der Waals surface area contributed by atoms with Crippen molar-refractivity contribution in [1.82, 2.24) is 5.32 Å². The van der Waals surface area contributed by atoms with Crippen molar-refractivity contribution in [2.45, 2.75) is 26.4 Å². The van der Waals surface area contributed by atoms with Crippen LogP contribution < -0.4 is 10.1 Å². The lowest BCUT2D eigenvalue weighted by molar-refractivity contribution is 0.298. The lowest BCUT2D eigenvalue weighted by Gasteiger charge is -2.10. The van der Waals surface area contributed by atoms with Gasteiger partial charge in [-0.15, -0.1) is 12.4 Å².